The highest BCUT2D eigenvalue weighted by atomic mass is 16.5. The number of nitrogens with zero attached hydrogens (tertiary/aromatic N) is 2. The molecule has 1 aliphatic rings. The molecular formula is C17H22N2O. The van der Waals surface area contributed by atoms with Crippen LogP contribution in [0, 0.1) is 0 Å². The molecule has 0 bridgehead atoms. The van der Waals surface area contributed by atoms with E-state index >= 15 is 0 Å². The summed E-state index contributed by atoms with van der Waals surface area (Å²) >= 11 is 0. The van der Waals surface area contributed by atoms with Crippen molar-refractivity contribution in [1.29, 1.82) is 0 Å². The van der Waals surface area contributed by atoms with E-state index in [-0.39, 0.29) is 0 Å². The van der Waals surface area contributed by atoms with Gasteiger partial charge in [0.25, 0.3) is 0 Å². The van der Waals surface area contributed by atoms with Gasteiger partial charge < -0.3 is 4.74 Å². The van der Waals surface area contributed by atoms with E-state index in [1.807, 2.05) is 12.3 Å². The van der Waals surface area contributed by atoms with E-state index in [0.29, 0.717) is 5.92 Å². The maximum absolute atomic E-state index is 5.43. The Morgan fingerprint density at radius 3 is 2.75 bits per heavy atom. The Hall–Kier alpha value is -1.45. The fourth-order valence-corrected chi connectivity index (χ4v) is 2.99. The third kappa shape index (κ3) is 2.69. The molecule has 1 aliphatic heterocycles. The molecule has 106 valence electrons. The summed E-state index contributed by atoms with van der Waals surface area (Å²) in [5.74, 6) is 0.490. The van der Waals surface area contributed by atoms with Crippen LogP contribution in [0.25, 0.3) is 10.9 Å². The SMILES string of the molecule is CC(C)c1c(CN2CCOCC2)ccc2cccnc12. The van der Waals surface area contributed by atoms with Crippen LogP contribution in [0.2, 0.25) is 0 Å². The average molecular weight is 270 g/mol. The molecule has 0 saturated carbocycles. The monoisotopic (exact) mass is 270 g/mol. The van der Waals surface area contributed by atoms with Crippen LogP contribution in [0.15, 0.2) is 30.5 Å². The zero-order valence-corrected chi connectivity index (χ0v) is 12.3. The first-order valence-electron chi connectivity index (χ1n) is 7.42. The van der Waals surface area contributed by atoms with E-state index < -0.39 is 0 Å². The fourth-order valence-electron chi connectivity index (χ4n) is 2.99. The van der Waals surface area contributed by atoms with Gasteiger partial charge in [-0.1, -0.05) is 32.0 Å². The van der Waals surface area contributed by atoms with Crippen molar-refractivity contribution in [2.24, 2.45) is 0 Å². The number of aromatic nitrogens is 1. The van der Waals surface area contributed by atoms with Gasteiger partial charge in [-0.05, 0) is 23.1 Å². The van der Waals surface area contributed by atoms with Gasteiger partial charge in [0, 0.05) is 31.2 Å². The predicted molar refractivity (Wildman–Crippen MR) is 81.9 cm³/mol. The normalized spacial score (nSPS) is 16.9. The van der Waals surface area contributed by atoms with Gasteiger partial charge in [-0.3, -0.25) is 9.88 Å². The second kappa shape index (κ2) is 5.90. The Balaban J connectivity index is 1.98. The van der Waals surface area contributed by atoms with Gasteiger partial charge in [0.2, 0.25) is 0 Å². The highest BCUT2D eigenvalue weighted by Gasteiger charge is 2.16. The van der Waals surface area contributed by atoms with Gasteiger partial charge in [0.15, 0.2) is 0 Å². The Morgan fingerprint density at radius 1 is 1.20 bits per heavy atom. The Kier molecular flexibility index (Phi) is 3.99. The summed E-state index contributed by atoms with van der Waals surface area (Å²) in [7, 11) is 0. The highest BCUT2D eigenvalue weighted by Crippen LogP contribution is 2.28. The number of hydrogen-bond donors (Lipinski definition) is 0. The van der Waals surface area contributed by atoms with Crippen molar-refractivity contribution in [3.63, 3.8) is 0 Å². The molecular weight excluding hydrogens is 248 g/mol. The van der Waals surface area contributed by atoms with E-state index in [4.69, 9.17) is 4.74 Å². The number of hydrogen-bond acceptors (Lipinski definition) is 3. The number of morpholine rings is 1. The van der Waals surface area contributed by atoms with Crippen molar-refractivity contribution in [3.8, 4) is 0 Å². The Labute approximate surface area is 120 Å². The summed E-state index contributed by atoms with van der Waals surface area (Å²) in [5.41, 5.74) is 3.97. The van der Waals surface area contributed by atoms with Crippen molar-refractivity contribution in [1.82, 2.24) is 9.88 Å². The van der Waals surface area contributed by atoms with Crippen molar-refractivity contribution >= 4 is 10.9 Å². The van der Waals surface area contributed by atoms with E-state index in [0.717, 1.165) is 38.4 Å². The van der Waals surface area contributed by atoms with Crippen LogP contribution in [0.3, 0.4) is 0 Å². The fraction of sp³-hybridized carbons (Fsp3) is 0.471. The van der Waals surface area contributed by atoms with Gasteiger partial charge >= 0.3 is 0 Å². The molecule has 0 N–H and O–H groups in total. The zero-order chi connectivity index (χ0) is 13.9. The Morgan fingerprint density at radius 2 is 2.00 bits per heavy atom. The molecule has 0 aliphatic carbocycles. The first-order chi connectivity index (χ1) is 9.75. The van der Waals surface area contributed by atoms with Crippen LogP contribution in [-0.2, 0) is 11.3 Å². The number of fused-ring (bicyclic) bond motifs is 1. The third-order valence-corrected chi connectivity index (χ3v) is 3.98. The first kappa shape index (κ1) is 13.5. The molecule has 2 heterocycles. The number of rotatable bonds is 3. The van der Waals surface area contributed by atoms with Crippen LogP contribution in [-0.4, -0.2) is 36.2 Å². The minimum absolute atomic E-state index is 0.490. The number of benzene rings is 1. The average Bonchev–Trinajstić information content (AvgIpc) is 2.47. The van der Waals surface area contributed by atoms with Crippen LogP contribution in [0.5, 0.6) is 0 Å². The lowest BCUT2D eigenvalue weighted by molar-refractivity contribution is 0.0341. The molecule has 0 spiro atoms. The molecule has 3 rings (SSSR count). The summed E-state index contributed by atoms with van der Waals surface area (Å²) in [6.45, 7) is 9.27. The summed E-state index contributed by atoms with van der Waals surface area (Å²) in [6, 6.07) is 8.62. The lowest BCUT2D eigenvalue weighted by Gasteiger charge is -2.28. The molecule has 3 nitrogen and oxygen atoms in total. The smallest absolute Gasteiger partial charge is 0.0739 e. The minimum Gasteiger partial charge on any atom is -0.379 e. The molecule has 0 amide bonds. The van der Waals surface area contributed by atoms with Crippen LogP contribution < -0.4 is 0 Å². The van der Waals surface area contributed by atoms with Gasteiger partial charge in [-0.15, -0.1) is 0 Å². The van der Waals surface area contributed by atoms with Gasteiger partial charge in [0.05, 0.1) is 18.7 Å². The van der Waals surface area contributed by atoms with E-state index in [1.165, 1.54) is 16.5 Å². The lowest BCUT2D eigenvalue weighted by atomic mass is 9.93. The maximum atomic E-state index is 5.43. The van der Waals surface area contributed by atoms with Crippen molar-refractivity contribution in [3.05, 3.63) is 41.6 Å². The van der Waals surface area contributed by atoms with Crippen LogP contribution in [0.4, 0.5) is 0 Å². The topological polar surface area (TPSA) is 25.4 Å². The largest absolute Gasteiger partial charge is 0.379 e. The van der Waals surface area contributed by atoms with E-state index in [1.54, 1.807) is 0 Å². The van der Waals surface area contributed by atoms with Gasteiger partial charge in [-0.2, -0.15) is 0 Å². The van der Waals surface area contributed by atoms with Gasteiger partial charge in [-0.25, -0.2) is 0 Å². The summed E-state index contributed by atoms with van der Waals surface area (Å²) in [5, 5.41) is 1.24. The molecule has 20 heavy (non-hydrogen) atoms. The first-order valence-corrected chi connectivity index (χ1v) is 7.42. The van der Waals surface area contributed by atoms with Crippen LogP contribution in [0.1, 0.15) is 30.9 Å². The van der Waals surface area contributed by atoms with E-state index in [9.17, 15) is 0 Å². The van der Waals surface area contributed by atoms with Crippen molar-refractivity contribution < 1.29 is 4.74 Å². The molecule has 1 aromatic carbocycles. The molecule has 3 heteroatoms. The van der Waals surface area contributed by atoms with Crippen molar-refractivity contribution in [2.45, 2.75) is 26.3 Å². The summed E-state index contributed by atoms with van der Waals surface area (Å²) < 4.78 is 5.43. The minimum atomic E-state index is 0.490. The quantitative estimate of drug-likeness (QED) is 0.856. The zero-order valence-electron chi connectivity index (χ0n) is 12.3. The van der Waals surface area contributed by atoms with E-state index in [2.05, 4.69) is 41.9 Å². The molecule has 1 saturated heterocycles. The molecule has 2 aromatic rings. The molecule has 0 atom stereocenters. The summed E-state index contributed by atoms with van der Waals surface area (Å²) in [6.07, 6.45) is 1.90. The molecule has 0 radical (unpaired) electrons. The molecule has 0 unspecified atom stereocenters. The lowest BCUT2D eigenvalue weighted by Crippen LogP contribution is -2.35. The third-order valence-electron chi connectivity index (χ3n) is 3.98. The standard InChI is InChI=1S/C17H22N2O/c1-13(2)16-15(12-19-8-10-20-11-9-19)6-5-14-4-3-7-18-17(14)16/h3-7,13H,8-12H2,1-2H3. The summed E-state index contributed by atoms with van der Waals surface area (Å²) in [4.78, 5) is 7.08. The molecule has 1 fully saturated rings. The van der Waals surface area contributed by atoms with Gasteiger partial charge in [0.1, 0.15) is 0 Å². The van der Waals surface area contributed by atoms with Crippen molar-refractivity contribution in [2.75, 3.05) is 26.3 Å². The van der Waals surface area contributed by atoms with Crippen LogP contribution >= 0.6 is 0 Å². The number of ether oxygens (including phenoxy) is 1. The predicted octanol–water partition coefficient (Wildman–Crippen LogP) is 3.19. The Bertz CT molecular complexity index is 589. The second-order valence-electron chi connectivity index (χ2n) is 5.76. The second-order valence-corrected chi connectivity index (χ2v) is 5.76. The number of pyridine rings is 1. The highest BCUT2D eigenvalue weighted by molar-refractivity contribution is 5.83. The maximum Gasteiger partial charge on any atom is 0.0739 e. The molecule has 1 aromatic heterocycles.